The minimum Gasteiger partial charge on any atom is -0.107 e. The van der Waals surface area contributed by atoms with Crippen LogP contribution in [0.3, 0.4) is 0 Å². The first-order chi connectivity index (χ1) is 2.89. The Morgan fingerprint density at radius 3 is 3.00 bits per heavy atom. The molecule has 0 fully saturated rings. The molecule has 4 heteroatoms. The van der Waals surface area contributed by atoms with E-state index in [1.54, 1.807) is 0 Å². The van der Waals surface area contributed by atoms with Gasteiger partial charge in [-0.2, -0.15) is 0 Å². The fourth-order valence-corrected chi connectivity index (χ4v) is 0.245. The van der Waals surface area contributed by atoms with Crippen LogP contribution in [0.5, 0.6) is 0 Å². The molecule has 0 aromatic heterocycles. The third-order valence-electron chi connectivity index (χ3n) is 0.346. The molecule has 1 rings (SSSR count). The number of nitrogens with one attached hydrogen (secondary N) is 1. The average molecular weight is 103 g/mol. The highest BCUT2D eigenvalue weighted by Gasteiger charge is 2.06. The van der Waals surface area contributed by atoms with Crippen LogP contribution in [0.4, 0.5) is 0 Å². The van der Waals surface area contributed by atoms with Gasteiger partial charge in [0.25, 0.3) is 0 Å². The summed E-state index contributed by atoms with van der Waals surface area (Å²) in [5, 5.41) is 3.60. The van der Waals surface area contributed by atoms with E-state index >= 15 is 0 Å². The Labute approximate surface area is 39.7 Å². The Morgan fingerprint density at radius 1 is 2.00 bits per heavy atom. The smallest absolute Gasteiger partial charge is 0.107 e. The Bertz CT molecular complexity index is 105. The summed E-state index contributed by atoms with van der Waals surface area (Å²) >= 11 is 5.19. The standard InChI is InChI=1S/C2HClN3/c3-2-4-1-5-6-2/h(H,5,6)/q+1. The minimum atomic E-state index is 0.273. The molecule has 0 aromatic rings. The van der Waals surface area contributed by atoms with E-state index in [4.69, 9.17) is 11.6 Å². The van der Waals surface area contributed by atoms with Crippen LogP contribution < -0.4 is 10.4 Å². The molecule has 1 N–H and O–H groups in total. The van der Waals surface area contributed by atoms with E-state index in [0.29, 0.717) is 0 Å². The van der Waals surface area contributed by atoms with E-state index in [-0.39, 0.29) is 5.29 Å². The summed E-state index contributed by atoms with van der Waals surface area (Å²) in [6.45, 7) is 0. The van der Waals surface area contributed by atoms with Gasteiger partial charge in [-0.25, -0.2) is 0 Å². The monoisotopic (exact) mass is 102 g/mol. The zero-order valence-electron chi connectivity index (χ0n) is 2.77. The lowest BCUT2D eigenvalue weighted by molar-refractivity contribution is 1.08. The largest absolute Gasteiger partial charge is 0.419 e. The van der Waals surface area contributed by atoms with Crippen molar-refractivity contribution in [1.82, 2.24) is 10.4 Å². The molecule has 0 aliphatic carbocycles. The highest BCUT2D eigenvalue weighted by atomic mass is 35.5. The van der Waals surface area contributed by atoms with E-state index < -0.39 is 0 Å². The average Bonchev–Trinajstić information content (AvgIpc) is 1.86. The SMILES string of the molecule is ClC1=[N+][C]=NN1. The maximum Gasteiger partial charge on any atom is 0.419 e. The third-order valence-corrected chi connectivity index (χ3v) is 0.515. The summed E-state index contributed by atoms with van der Waals surface area (Å²) in [5.74, 6) is 0. The first-order valence-electron chi connectivity index (χ1n) is 1.33. The van der Waals surface area contributed by atoms with Gasteiger partial charge in [-0.05, 0) is 16.6 Å². The Morgan fingerprint density at radius 2 is 2.83 bits per heavy atom. The van der Waals surface area contributed by atoms with Gasteiger partial charge in [-0.15, -0.1) is 5.43 Å². The van der Waals surface area contributed by atoms with Crippen LogP contribution in [0.25, 0.3) is 0 Å². The Balaban J connectivity index is 2.61. The van der Waals surface area contributed by atoms with Crippen molar-refractivity contribution in [2.24, 2.45) is 5.10 Å². The van der Waals surface area contributed by atoms with Gasteiger partial charge in [0, 0.05) is 0 Å². The van der Waals surface area contributed by atoms with Gasteiger partial charge in [0.05, 0.1) is 5.10 Å². The van der Waals surface area contributed by atoms with E-state index in [1.807, 2.05) is 0 Å². The van der Waals surface area contributed by atoms with Gasteiger partial charge < -0.3 is 0 Å². The molecule has 0 amide bonds. The Kier molecular flexibility index (Phi) is 0.759. The maximum atomic E-state index is 5.19. The molecule has 0 bridgehead atoms. The van der Waals surface area contributed by atoms with Crippen molar-refractivity contribution in [2.45, 2.75) is 0 Å². The van der Waals surface area contributed by atoms with Crippen LogP contribution in [-0.4, -0.2) is 11.6 Å². The van der Waals surface area contributed by atoms with Crippen molar-refractivity contribution < 1.29 is 0 Å². The molecule has 30 valence electrons. The van der Waals surface area contributed by atoms with Crippen molar-refractivity contribution in [3.8, 4) is 0 Å². The maximum absolute atomic E-state index is 5.19. The second-order valence-electron chi connectivity index (χ2n) is 0.726. The van der Waals surface area contributed by atoms with Crippen LogP contribution in [0.1, 0.15) is 0 Å². The molecule has 0 aromatic carbocycles. The second-order valence-corrected chi connectivity index (χ2v) is 1.08. The minimum absolute atomic E-state index is 0.273. The quantitative estimate of drug-likeness (QED) is 0.405. The predicted molar refractivity (Wildman–Crippen MR) is 23.6 cm³/mol. The first-order valence-corrected chi connectivity index (χ1v) is 1.71. The van der Waals surface area contributed by atoms with Crippen LogP contribution >= 0.6 is 11.6 Å². The lowest BCUT2D eigenvalue weighted by atomic mass is 11.3. The first kappa shape index (κ1) is 3.61. The van der Waals surface area contributed by atoms with Gasteiger partial charge in [0.15, 0.2) is 0 Å². The van der Waals surface area contributed by atoms with Crippen molar-refractivity contribution >= 4 is 23.2 Å². The summed E-state index contributed by atoms with van der Waals surface area (Å²) in [4.78, 5) is 3.39. The Hall–Kier alpha value is -0.570. The molecule has 0 saturated carbocycles. The molecule has 3 nitrogen and oxygen atoms in total. The predicted octanol–water partition coefficient (Wildman–Crippen LogP) is -0.659. The van der Waals surface area contributed by atoms with Crippen molar-refractivity contribution in [2.75, 3.05) is 0 Å². The molecule has 1 aliphatic heterocycles. The van der Waals surface area contributed by atoms with Crippen LogP contribution in [0, 0.1) is 0 Å². The van der Waals surface area contributed by atoms with E-state index in [0.717, 1.165) is 0 Å². The number of aliphatic imine (C=N–C) groups is 1. The summed E-state index contributed by atoms with van der Waals surface area (Å²) in [7, 11) is 0. The van der Waals surface area contributed by atoms with Crippen molar-refractivity contribution in [1.29, 1.82) is 0 Å². The number of hydrazone groups is 1. The number of nitrogens with zero attached hydrogens (tertiary/aromatic N) is 2. The zero-order valence-corrected chi connectivity index (χ0v) is 3.53. The fraction of sp³-hybridized carbons (Fsp3) is 0. The molecular weight excluding hydrogens is 101 g/mol. The topological polar surface area (TPSA) is 38.5 Å². The van der Waals surface area contributed by atoms with Gasteiger partial charge in [0.1, 0.15) is 0 Å². The number of amidine groups is 1. The van der Waals surface area contributed by atoms with Crippen molar-refractivity contribution in [3.63, 3.8) is 0 Å². The lowest BCUT2D eigenvalue weighted by Crippen LogP contribution is -2.07. The molecule has 6 heavy (non-hydrogen) atoms. The lowest BCUT2D eigenvalue weighted by Gasteiger charge is -1.63. The third kappa shape index (κ3) is 0.490. The van der Waals surface area contributed by atoms with Gasteiger partial charge in [-0.1, -0.05) is 0 Å². The highest BCUT2D eigenvalue weighted by Crippen LogP contribution is 1.74. The van der Waals surface area contributed by atoms with Crippen LogP contribution in [0.2, 0.25) is 0 Å². The van der Waals surface area contributed by atoms with Crippen LogP contribution in [-0.2, 0) is 0 Å². The van der Waals surface area contributed by atoms with Crippen molar-refractivity contribution in [3.05, 3.63) is 0 Å². The number of rotatable bonds is 0. The highest BCUT2D eigenvalue weighted by molar-refractivity contribution is 6.65. The molecular formula is C2HClN3+. The number of halogens is 1. The number of hydrogen-bond donors (Lipinski definition) is 1. The zero-order chi connectivity index (χ0) is 4.41. The number of hydrogen-bond acceptors (Lipinski definition) is 3. The summed E-state index contributed by atoms with van der Waals surface area (Å²) in [6.07, 6.45) is 2.24. The van der Waals surface area contributed by atoms with E-state index in [1.165, 1.54) is 0 Å². The summed E-state index contributed by atoms with van der Waals surface area (Å²) in [6, 6.07) is 0. The summed E-state index contributed by atoms with van der Waals surface area (Å²) < 4.78 is 0. The van der Waals surface area contributed by atoms with Gasteiger partial charge in [0.2, 0.25) is 0 Å². The molecule has 0 saturated heterocycles. The molecule has 1 heterocycles. The molecule has 0 atom stereocenters. The normalized spacial score (nSPS) is 17.2. The second kappa shape index (κ2) is 1.26. The van der Waals surface area contributed by atoms with E-state index in [9.17, 15) is 0 Å². The molecule has 0 spiro atoms. The summed E-state index contributed by atoms with van der Waals surface area (Å²) in [5.41, 5.74) is 2.35. The van der Waals surface area contributed by atoms with E-state index in [2.05, 4.69) is 21.9 Å². The van der Waals surface area contributed by atoms with Gasteiger partial charge in [-0.3, -0.25) is 0 Å². The van der Waals surface area contributed by atoms with Crippen LogP contribution in [0.15, 0.2) is 5.10 Å². The molecule has 2 radical (unpaired) electrons. The molecule has 1 aliphatic rings. The fourth-order valence-electron chi connectivity index (χ4n) is 0.165. The molecule has 0 unspecified atom stereocenters. The van der Waals surface area contributed by atoms with Gasteiger partial charge >= 0.3 is 11.6 Å².